The molecular weight excluding hydrogens is 428 g/mol. The third-order valence-electron chi connectivity index (χ3n) is 5.89. The van der Waals surface area contributed by atoms with E-state index in [4.69, 9.17) is 4.74 Å². The highest BCUT2D eigenvalue weighted by Crippen LogP contribution is 2.32. The summed E-state index contributed by atoms with van der Waals surface area (Å²) in [6, 6.07) is 9.74. The molecule has 2 aromatic rings. The van der Waals surface area contributed by atoms with Crippen LogP contribution in [-0.2, 0) is 23.1 Å². The minimum absolute atomic E-state index is 0.0488. The van der Waals surface area contributed by atoms with Gasteiger partial charge < -0.3 is 24.4 Å². The molecule has 1 aromatic heterocycles. The Morgan fingerprint density at radius 2 is 1.74 bits per heavy atom. The Bertz CT molecular complexity index is 938. The topological polar surface area (TPSA) is 66.8 Å². The summed E-state index contributed by atoms with van der Waals surface area (Å²) in [4.78, 5) is 29.9. The number of hydrogen-bond donors (Lipinski definition) is 1. The molecule has 0 fully saturated rings. The van der Waals surface area contributed by atoms with Gasteiger partial charge in [-0.15, -0.1) is 6.58 Å². The predicted octanol–water partition coefficient (Wildman–Crippen LogP) is 4.97. The van der Waals surface area contributed by atoms with Crippen LogP contribution in [0.5, 0.6) is 0 Å². The number of hydrogen-bond acceptors (Lipinski definition) is 3. The van der Waals surface area contributed by atoms with Crippen LogP contribution in [0.1, 0.15) is 56.4 Å². The molecule has 0 atom stereocenters. The van der Waals surface area contributed by atoms with E-state index in [2.05, 4.69) is 39.6 Å². The number of carbonyl (C=O) groups is 2. The van der Waals surface area contributed by atoms with Gasteiger partial charge in [-0.2, -0.15) is 0 Å². The van der Waals surface area contributed by atoms with Crippen molar-refractivity contribution >= 4 is 17.6 Å². The van der Waals surface area contributed by atoms with Crippen LogP contribution in [-0.4, -0.2) is 59.7 Å². The number of aryl methyl sites for hydroxylation is 1. The molecule has 0 aliphatic rings. The zero-order chi connectivity index (χ0) is 25.3. The second-order valence-electron chi connectivity index (χ2n) is 9.14. The molecule has 0 aliphatic carbocycles. The Labute approximate surface area is 204 Å². The molecule has 1 N–H and O–H groups in total. The molecule has 7 nitrogen and oxygen atoms in total. The lowest BCUT2D eigenvalue weighted by atomic mass is 9.93. The molecule has 3 amide bonds. The summed E-state index contributed by atoms with van der Waals surface area (Å²) in [6.07, 6.45) is 3.59. The Hall–Kier alpha value is -3.06. The number of carbonyl (C=O) groups excluding carboxylic acids is 2. The molecule has 2 rings (SSSR count). The van der Waals surface area contributed by atoms with Crippen LogP contribution in [0.2, 0.25) is 0 Å². The molecular formula is C27H40N4O3. The molecule has 0 saturated heterocycles. The highest BCUT2D eigenvalue weighted by Gasteiger charge is 2.23. The lowest BCUT2D eigenvalue weighted by Gasteiger charge is -2.28. The standard InChI is InChI=1S/C27H40N4O3/c1-8-14-31(19-25(32)30(16-17-34-7)18-22-11-10-15-29(22)6)27(33)28-26-23(20(2)3)12-9-13-24(26)21(4)5/h8-13,15,20-21H,1,14,16-19H2,2-7H3,(H,28,33). The van der Waals surface area contributed by atoms with Gasteiger partial charge in [0.15, 0.2) is 0 Å². The maximum absolute atomic E-state index is 13.4. The zero-order valence-corrected chi connectivity index (χ0v) is 21.5. The largest absolute Gasteiger partial charge is 0.383 e. The number of urea groups is 1. The van der Waals surface area contributed by atoms with Gasteiger partial charge in [-0.05, 0) is 35.1 Å². The highest BCUT2D eigenvalue weighted by atomic mass is 16.5. The molecule has 0 spiro atoms. The smallest absolute Gasteiger partial charge is 0.322 e. The Morgan fingerprint density at radius 1 is 1.09 bits per heavy atom. The third kappa shape index (κ3) is 7.22. The summed E-state index contributed by atoms with van der Waals surface area (Å²) < 4.78 is 7.20. The van der Waals surface area contributed by atoms with Gasteiger partial charge in [0.25, 0.3) is 0 Å². The summed E-state index contributed by atoms with van der Waals surface area (Å²) in [6.45, 7) is 13.7. The number of nitrogens with zero attached hydrogens (tertiary/aromatic N) is 3. The van der Waals surface area contributed by atoms with E-state index in [1.165, 1.54) is 4.90 Å². The number of ether oxygens (including phenoxy) is 1. The van der Waals surface area contributed by atoms with Crippen LogP contribution < -0.4 is 5.32 Å². The van der Waals surface area contributed by atoms with Crippen molar-refractivity contribution in [2.45, 2.75) is 46.1 Å². The second-order valence-corrected chi connectivity index (χ2v) is 9.14. The Balaban J connectivity index is 2.24. The quantitative estimate of drug-likeness (QED) is 0.448. The first-order chi connectivity index (χ1) is 16.2. The zero-order valence-electron chi connectivity index (χ0n) is 21.5. The molecule has 0 aliphatic heterocycles. The molecule has 186 valence electrons. The summed E-state index contributed by atoms with van der Waals surface area (Å²) in [5, 5.41) is 3.11. The maximum Gasteiger partial charge on any atom is 0.322 e. The number of nitrogens with one attached hydrogen (secondary N) is 1. The fourth-order valence-corrected chi connectivity index (χ4v) is 3.87. The Morgan fingerprint density at radius 3 is 2.24 bits per heavy atom. The van der Waals surface area contributed by atoms with E-state index in [1.54, 1.807) is 18.1 Å². The van der Waals surface area contributed by atoms with E-state index in [1.807, 2.05) is 48.1 Å². The fourth-order valence-electron chi connectivity index (χ4n) is 3.87. The number of aromatic nitrogens is 1. The number of benzene rings is 1. The average Bonchev–Trinajstić information content (AvgIpc) is 3.20. The van der Waals surface area contributed by atoms with Crippen molar-refractivity contribution < 1.29 is 14.3 Å². The first kappa shape index (κ1) is 27.2. The normalized spacial score (nSPS) is 11.1. The van der Waals surface area contributed by atoms with E-state index in [0.29, 0.717) is 19.7 Å². The number of para-hydroxylation sites is 1. The van der Waals surface area contributed by atoms with Crippen molar-refractivity contribution in [2.75, 3.05) is 38.7 Å². The van der Waals surface area contributed by atoms with Gasteiger partial charge in [0, 0.05) is 44.8 Å². The molecule has 0 radical (unpaired) electrons. The summed E-state index contributed by atoms with van der Waals surface area (Å²) in [5.74, 6) is 0.355. The van der Waals surface area contributed by atoms with Gasteiger partial charge in [0.2, 0.25) is 5.91 Å². The van der Waals surface area contributed by atoms with Crippen LogP contribution in [0.25, 0.3) is 0 Å². The first-order valence-corrected chi connectivity index (χ1v) is 11.9. The molecule has 7 heteroatoms. The molecule has 1 aromatic carbocycles. The number of rotatable bonds is 12. The van der Waals surface area contributed by atoms with Crippen LogP contribution in [0.3, 0.4) is 0 Å². The number of anilines is 1. The van der Waals surface area contributed by atoms with Crippen LogP contribution in [0.4, 0.5) is 10.5 Å². The third-order valence-corrected chi connectivity index (χ3v) is 5.89. The van der Waals surface area contributed by atoms with Gasteiger partial charge in [-0.3, -0.25) is 4.79 Å². The van der Waals surface area contributed by atoms with Crippen molar-refractivity contribution in [1.29, 1.82) is 0 Å². The van der Waals surface area contributed by atoms with Crippen LogP contribution >= 0.6 is 0 Å². The summed E-state index contributed by atoms with van der Waals surface area (Å²) in [5.41, 5.74) is 4.00. The van der Waals surface area contributed by atoms with Crippen molar-refractivity contribution in [3.8, 4) is 0 Å². The van der Waals surface area contributed by atoms with E-state index < -0.39 is 0 Å². The lowest BCUT2D eigenvalue weighted by molar-refractivity contribution is -0.133. The molecule has 0 bridgehead atoms. The van der Waals surface area contributed by atoms with E-state index in [-0.39, 0.29) is 36.9 Å². The van der Waals surface area contributed by atoms with Gasteiger partial charge in [-0.25, -0.2) is 4.79 Å². The van der Waals surface area contributed by atoms with Crippen molar-refractivity contribution in [3.05, 3.63) is 66.0 Å². The number of amides is 3. The van der Waals surface area contributed by atoms with E-state index >= 15 is 0 Å². The monoisotopic (exact) mass is 468 g/mol. The average molecular weight is 469 g/mol. The summed E-state index contributed by atoms with van der Waals surface area (Å²) in [7, 11) is 3.56. The van der Waals surface area contributed by atoms with Crippen LogP contribution in [0, 0.1) is 0 Å². The van der Waals surface area contributed by atoms with Gasteiger partial charge in [0.1, 0.15) is 6.54 Å². The van der Waals surface area contributed by atoms with Gasteiger partial charge in [0.05, 0.1) is 13.2 Å². The summed E-state index contributed by atoms with van der Waals surface area (Å²) >= 11 is 0. The molecule has 0 saturated carbocycles. The minimum Gasteiger partial charge on any atom is -0.383 e. The predicted molar refractivity (Wildman–Crippen MR) is 138 cm³/mol. The second kappa shape index (κ2) is 13.0. The maximum atomic E-state index is 13.4. The number of methoxy groups -OCH3 is 1. The van der Waals surface area contributed by atoms with Crippen molar-refractivity contribution in [3.63, 3.8) is 0 Å². The van der Waals surface area contributed by atoms with Gasteiger partial charge >= 0.3 is 6.03 Å². The molecule has 0 unspecified atom stereocenters. The van der Waals surface area contributed by atoms with Crippen molar-refractivity contribution in [2.24, 2.45) is 7.05 Å². The van der Waals surface area contributed by atoms with E-state index in [0.717, 1.165) is 22.5 Å². The fraction of sp³-hybridized carbons (Fsp3) is 0.481. The van der Waals surface area contributed by atoms with Gasteiger partial charge in [-0.1, -0.05) is 52.0 Å². The molecule has 1 heterocycles. The van der Waals surface area contributed by atoms with Crippen molar-refractivity contribution in [1.82, 2.24) is 14.4 Å². The minimum atomic E-state index is -0.311. The van der Waals surface area contributed by atoms with Crippen LogP contribution in [0.15, 0.2) is 49.2 Å². The Kier molecular flexibility index (Phi) is 10.4. The van der Waals surface area contributed by atoms with E-state index in [9.17, 15) is 9.59 Å². The SMILES string of the molecule is C=CCN(CC(=O)N(CCOC)Cc1cccn1C)C(=O)Nc1c(C(C)C)cccc1C(C)C. The first-order valence-electron chi connectivity index (χ1n) is 11.9. The lowest BCUT2D eigenvalue weighted by Crippen LogP contribution is -2.45. The molecule has 34 heavy (non-hydrogen) atoms. The highest BCUT2D eigenvalue weighted by molar-refractivity contribution is 5.94.